The molecule has 64 valence electrons. The highest BCUT2D eigenvalue weighted by atomic mass is 35.5. The molecular weight excluding hydrogens is 165 g/mol. The fourth-order valence-electron chi connectivity index (χ4n) is 0.168. The minimum absolute atomic E-state index is 0. The second kappa shape index (κ2) is 3.44. The van der Waals surface area contributed by atoms with E-state index in [9.17, 15) is 0 Å². The zero-order valence-electron chi connectivity index (χ0n) is 5.14. The van der Waals surface area contributed by atoms with Crippen LogP contribution in [0, 0.1) is 0 Å². The Labute approximate surface area is 63.1 Å². The van der Waals surface area contributed by atoms with E-state index in [2.05, 4.69) is 0 Å². The van der Waals surface area contributed by atoms with Gasteiger partial charge in [0.1, 0.15) is 0 Å². The Morgan fingerprint density at radius 2 is 1.30 bits per heavy atom. The first-order valence-electron chi connectivity index (χ1n) is 2.12. The summed E-state index contributed by atoms with van der Waals surface area (Å²) in [6.45, 7) is 0. The van der Waals surface area contributed by atoms with Crippen LogP contribution >= 0.6 is 12.4 Å². The topological polar surface area (TPSA) is 113 Å². The van der Waals surface area contributed by atoms with E-state index in [0.717, 1.165) is 7.05 Å². The van der Waals surface area contributed by atoms with Gasteiger partial charge in [0, 0.05) is 0 Å². The Bertz CT molecular complexity index is 99.6. The first-order valence-corrected chi connectivity index (χ1v) is 2.12. The maximum Gasteiger partial charge on any atom is 0.348 e. The van der Waals surface area contributed by atoms with Crippen molar-refractivity contribution in [3.8, 4) is 0 Å². The van der Waals surface area contributed by atoms with Gasteiger partial charge in [0.15, 0.2) is 0 Å². The molecule has 0 saturated heterocycles. The van der Waals surface area contributed by atoms with E-state index in [1.165, 1.54) is 0 Å². The van der Waals surface area contributed by atoms with Crippen LogP contribution in [0.4, 0.5) is 0 Å². The van der Waals surface area contributed by atoms with E-state index in [1.54, 1.807) is 5.32 Å². The number of nitrogens with one attached hydrogen (secondary N) is 1. The van der Waals surface area contributed by atoms with Gasteiger partial charge in [-0.15, -0.1) is 12.4 Å². The summed E-state index contributed by atoms with van der Waals surface area (Å²) in [5, 5.41) is 42.6. The van der Waals surface area contributed by atoms with Crippen LogP contribution < -0.4 is 5.32 Å². The van der Waals surface area contributed by atoms with E-state index in [0.29, 0.717) is 0 Å². The Hall–Kier alpha value is 0.0500. The van der Waals surface area contributed by atoms with E-state index in [4.69, 9.17) is 25.5 Å². The average molecular weight is 176 g/mol. The molecule has 0 aliphatic carbocycles. The lowest BCUT2D eigenvalue weighted by molar-refractivity contribution is -0.454. The first-order chi connectivity index (χ1) is 3.81. The van der Waals surface area contributed by atoms with Gasteiger partial charge >= 0.3 is 11.9 Å². The molecule has 0 aliphatic heterocycles. The molecule has 0 bridgehead atoms. The van der Waals surface area contributed by atoms with Gasteiger partial charge in [-0.05, 0) is 7.05 Å². The quantitative estimate of drug-likeness (QED) is 0.248. The molecule has 7 heteroatoms. The van der Waals surface area contributed by atoms with Crippen molar-refractivity contribution in [3.63, 3.8) is 0 Å². The number of hydrogen-bond donors (Lipinski definition) is 6. The zero-order valence-corrected chi connectivity index (χ0v) is 5.96. The monoisotopic (exact) mass is 175 g/mol. The van der Waals surface area contributed by atoms with Crippen LogP contribution in [-0.2, 0) is 0 Å². The molecule has 6 N–H and O–H groups in total. The maximum absolute atomic E-state index is 8.35. The summed E-state index contributed by atoms with van der Waals surface area (Å²) in [6.07, 6.45) is 0. The van der Waals surface area contributed by atoms with Crippen molar-refractivity contribution < 1.29 is 25.5 Å². The molecule has 0 spiro atoms. The molecule has 0 radical (unpaired) electrons. The summed E-state index contributed by atoms with van der Waals surface area (Å²) >= 11 is 0. The molecule has 0 atom stereocenters. The number of likely N-dealkylation sites (N-methyl/N-ethyl adjacent to an activating group) is 1. The molecule has 10 heavy (non-hydrogen) atoms. The fraction of sp³-hybridized carbons (Fsp3) is 1.00. The predicted octanol–water partition coefficient (Wildman–Crippen LogP) is -3.10. The molecule has 0 aromatic carbocycles. The highest BCUT2D eigenvalue weighted by molar-refractivity contribution is 5.85. The van der Waals surface area contributed by atoms with Gasteiger partial charge in [0.05, 0.1) is 0 Å². The van der Waals surface area contributed by atoms with Crippen LogP contribution in [0.5, 0.6) is 0 Å². The van der Waals surface area contributed by atoms with Crippen LogP contribution in [0.25, 0.3) is 0 Å². The third-order valence-electron chi connectivity index (χ3n) is 0.816. The Morgan fingerprint density at radius 1 is 1.00 bits per heavy atom. The highest BCUT2D eigenvalue weighted by Crippen LogP contribution is 2.07. The van der Waals surface area contributed by atoms with Crippen LogP contribution in [-0.4, -0.2) is 44.5 Å². The van der Waals surface area contributed by atoms with Gasteiger partial charge in [-0.1, -0.05) is 0 Å². The molecule has 0 saturated carbocycles. The average Bonchev–Trinajstić information content (AvgIpc) is 1.64. The van der Waals surface area contributed by atoms with E-state index < -0.39 is 11.9 Å². The molecule has 6 nitrogen and oxygen atoms in total. The van der Waals surface area contributed by atoms with Crippen molar-refractivity contribution in [1.29, 1.82) is 0 Å². The van der Waals surface area contributed by atoms with Crippen LogP contribution in [0.1, 0.15) is 0 Å². The SMILES string of the molecule is CNC(O)(O)C(O)(O)O.Cl. The van der Waals surface area contributed by atoms with Crippen molar-refractivity contribution in [1.82, 2.24) is 5.32 Å². The highest BCUT2D eigenvalue weighted by Gasteiger charge is 2.45. The normalized spacial score (nSPS) is 12.6. The third-order valence-corrected chi connectivity index (χ3v) is 0.816. The van der Waals surface area contributed by atoms with Gasteiger partial charge in [-0.25, -0.2) is 0 Å². The number of hydrogen-bond acceptors (Lipinski definition) is 6. The summed E-state index contributed by atoms with van der Waals surface area (Å²) < 4.78 is 0. The molecule has 0 aliphatic rings. The molecule has 0 aromatic heterocycles. The lowest BCUT2D eigenvalue weighted by atomic mass is 10.4. The number of rotatable bonds is 2. The standard InChI is InChI=1S/C3H9NO5.ClH/c1-4-2(5,6)3(7,8)9;/h4-9H,1H3;1H. The molecule has 0 amide bonds. The lowest BCUT2D eigenvalue weighted by Gasteiger charge is -2.28. The predicted molar refractivity (Wildman–Crippen MR) is 32.9 cm³/mol. The molecule has 0 fully saturated rings. The second-order valence-corrected chi connectivity index (χ2v) is 1.56. The minimum Gasteiger partial charge on any atom is -0.347 e. The Morgan fingerprint density at radius 3 is 1.30 bits per heavy atom. The maximum atomic E-state index is 8.35. The van der Waals surface area contributed by atoms with E-state index >= 15 is 0 Å². The third kappa shape index (κ3) is 2.76. The number of halogens is 1. The smallest absolute Gasteiger partial charge is 0.347 e. The molecular formula is C3H10ClNO5. The first kappa shape index (κ1) is 12.7. The fourth-order valence-corrected chi connectivity index (χ4v) is 0.168. The van der Waals surface area contributed by atoms with Gasteiger partial charge in [-0.3, -0.25) is 5.32 Å². The Kier molecular flexibility index (Phi) is 4.37. The summed E-state index contributed by atoms with van der Waals surface area (Å²) in [7, 11) is 1.03. The van der Waals surface area contributed by atoms with Crippen LogP contribution in [0.15, 0.2) is 0 Å². The van der Waals surface area contributed by atoms with Crippen LogP contribution in [0.3, 0.4) is 0 Å². The minimum atomic E-state index is -3.55. The van der Waals surface area contributed by atoms with Gasteiger partial charge < -0.3 is 25.5 Å². The number of aliphatic hydroxyl groups is 5. The summed E-state index contributed by atoms with van der Waals surface area (Å²) in [6, 6.07) is 0. The summed E-state index contributed by atoms with van der Waals surface area (Å²) in [5.41, 5.74) is 0. The summed E-state index contributed by atoms with van der Waals surface area (Å²) in [4.78, 5) is 0. The zero-order chi connectivity index (χ0) is 7.71. The Balaban J connectivity index is 0. The van der Waals surface area contributed by atoms with E-state index in [1.807, 2.05) is 0 Å². The van der Waals surface area contributed by atoms with Crippen LogP contribution in [0.2, 0.25) is 0 Å². The molecule has 0 heterocycles. The van der Waals surface area contributed by atoms with Gasteiger partial charge in [0.25, 0.3) is 0 Å². The largest absolute Gasteiger partial charge is 0.348 e. The van der Waals surface area contributed by atoms with E-state index in [-0.39, 0.29) is 12.4 Å². The second-order valence-electron chi connectivity index (χ2n) is 1.56. The van der Waals surface area contributed by atoms with Crippen molar-refractivity contribution in [2.24, 2.45) is 0 Å². The van der Waals surface area contributed by atoms with Gasteiger partial charge in [0.2, 0.25) is 0 Å². The lowest BCUT2D eigenvalue weighted by Crippen LogP contribution is -2.62. The van der Waals surface area contributed by atoms with Gasteiger partial charge in [-0.2, -0.15) is 0 Å². The van der Waals surface area contributed by atoms with Crippen molar-refractivity contribution in [2.75, 3.05) is 7.05 Å². The molecule has 0 aromatic rings. The van der Waals surface area contributed by atoms with Crippen molar-refractivity contribution >= 4 is 12.4 Å². The van der Waals surface area contributed by atoms with Crippen molar-refractivity contribution in [2.45, 2.75) is 11.9 Å². The summed E-state index contributed by atoms with van der Waals surface area (Å²) in [5.74, 6) is -6.66. The molecule has 0 unspecified atom stereocenters. The van der Waals surface area contributed by atoms with Crippen molar-refractivity contribution in [3.05, 3.63) is 0 Å². The molecule has 0 rings (SSSR count).